The first kappa shape index (κ1) is 33.2. The molecule has 8 aromatic rings. The number of rotatable bonds is 6. The number of anilines is 3. The van der Waals surface area contributed by atoms with Gasteiger partial charge in [-0.05, 0) is 150 Å². The Labute approximate surface area is 324 Å². The van der Waals surface area contributed by atoms with Gasteiger partial charge >= 0.3 is 0 Å². The summed E-state index contributed by atoms with van der Waals surface area (Å²) in [6.45, 7) is 9.43. The second-order valence-corrected chi connectivity index (χ2v) is 16.3. The second-order valence-electron chi connectivity index (χ2n) is 16.3. The molecule has 0 saturated heterocycles. The smallest absolute Gasteiger partial charge is 0.0462 e. The van der Waals surface area contributed by atoms with Crippen molar-refractivity contribution in [2.75, 3.05) is 4.90 Å². The predicted octanol–water partition coefficient (Wildman–Crippen LogP) is 14.8. The zero-order valence-electron chi connectivity index (χ0n) is 31.8. The van der Waals surface area contributed by atoms with Gasteiger partial charge in [-0.15, -0.1) is 0 Å². The van der Waals surface area contributed by atoms with Crippen LogP contribution >= 0.6 is 0 Å². The summed E-state index contributed by atoms with van der Waals surface area (Å²) in [4.78, 5) is 2.38. The van der Waals surface area contributed by atoms with Crippen molar-refractivity contribution in [3.8, 4) is 11.1 Å². The van der Waals surface area contributed by atoms with E-state index in [1.165, 1.54) is 77.2 Å². The molecule has 0 saturated carbocycles. The topological polar surface area (TPSA) is 3.24 Å². The van der Waals surface area contributed by atoms with Gasteiger partial charge in [0, 0.05) is 27.9 Å². The third-order valence-corrected chi connectivity index (χ3v) is 12.2. The van der Waals surface area contributed by atoms with E-state index in [0.717, 1.165) is 17.1 Å². The van der Waals surface area contributed by atoms with Crippen LogP contribution < -0.4 is 4.90 Å². The molecule has 0 unspecified atom stereocenters. The van der Waals surface area contributed by atoms with Crippen LogP contribution in [-0.2, 0) is 10.8 Å². The molecule has 0 N–H and O–H groups in total. The fourth-order valence-electron chi connectivity index (χ4n) is 9.15. The Balaban J connectivity index is 1.01. The van der Waals surface area contributed by atoms with E-state index in [1.54, 1.807) is 0 Å². The molecular weight excluding hydrogens is 663 g/mol. The van der Waals surface area contributed by atoms with Crippen LogP contribution in [0, 0.1) is 0 Å². The van der Waals surface area contributed by atoms with Gasteiger partial charge in [-0.25, -0.2) is 0 Å². The number of allylic oxidation sites excluding steroid dienone is 2. The maximum absolute atomic E-state index is 2.40. The van der Waals surface area contributed by atoms with Gasteiger partial charge in [-0.1, -0.05) is 143 Å². The molecule has 264 valence electrons. The Kier molecular flexibility index (Phi) is 7.58. The molecule has 0 bridgehead atoms. The number of nitrogens with zero attached hydrogens (tertiary/aromatic N) is 1. The van der Waals surface area contributed by atoms with E-state index < -0.39 is 0 Å². The average Bonchev–Trinajstić information content (AvgIpc) is 3.63. The summed E-state index contributed by atoms with van der Waals surface area (Å²) in [5.74, 6) is 0. The highest BCUT2D eigenvalue weighted by Gasteiger charge is 2.35. The molecule has 0 amide bonds. The van der Waals surface area contributed by atoms with Gasteiger partial charge in [0.25, 0.3) is 0 Å². The lowest BCUT2D eigenvalue weighted by atomic mass is 9.78. The lowest BCUT2D eigenvalue weighted by molar-refractivity contribution is 0.705. The highest BCUT2D eigenvalue weighted by molar-refractivity contribution is 6.00. The molecule has 10 rings (SSSR count). The lowest BCUT2D eigenvalue weighted by Crippen LogP contribution is -2.17. The zero-order chi connectivity index (χ0) is 37.3. The summed E-state index contributed by atoms with van der Waals surface area (Å²) >= 11 is 0. The summed E-state index contributed by atoms with van der Waals surface area (Å²) in [6.07, 6.45) is 4.80. The van der Waals surface area contributed by atoms with Gasteiger partial charge in [-0.3, -0.25) is 0 Å². The third-order valence-electron chi connectivity index (χ3n) is 12.2. The van der Waals surface area contributed by atoms with E-state index in [-0.39, 0.29) is 10.8 Å². The summed E-state index contributed by atoms with van der Waals surface area (Å²) < 4.78 is 0. The first-order chi connectivity index (χ1) is 26.7. The number of hydrogen-bond acceptors (Lipinski definition) is 1. The van der Waals surface area contributed by atoms with E-state index in [9.17, 15) is 0 Å². The molecule has 1 heteroatoms. The minimum Gasteiger partial charge on any atom is -0.311 e. The largest absolute Gasteiger partial charge is 0.311 e. The van der Waals surface area contributed by atoms with Crippen LogP contribution in [0.25, 0.3) is 56.0 Å². The Morgan fingerprint density at radius 2 is 0.655 bits per heavy atom. The van der Waals surface area contributed by atoms with E-state index in [2.05, 4.69) is 221 Å². The molecule has 2 aliphatic rings. The molecular formula is C54H43N. The van der Waals surface area contributed by atoms with Crippen molar-refractivity contribution < 1.29 is 0 Å². The van der Waals surface area contributed by atoms with Crippen molar-refractivity contribution in [3.05, 3.63) is 209 Å². The fourth-order valence-corrected chi connectivity index (χ4v) is 9.15. The van der Waals surface area contributed by atoms with Crippen LogP contribution in [0.3, 0.4) is 0 Å². The van der Waals surface area contributed by atoms with Crippen LogP contribution in [0.1, 0.15) is 61.1 Å². The number of fused-ring (bicyclic) bond motifs is 4. The summed E-state index contributed by atoms with van der Waals surface area (Å²) in [6, 6.07) is 64.8. The van der Waals surface area contributed by atoms with Crippen molar-refractivity contribution in [2.24, 2.45) is 0 Å². The van der Waals surface area contributed by atoms with Crippen LogP contribution in [0.2, 0.25) is 0 Å². The average molecular weight is 706 g/mol. The van der Waals surface area contributed by atoms with Crippen molar-refractivity contribution in [1.82, 2.24) is 0 Å². The number of hydrogen-bond donors (Lipinski definition) is 0. The molecule has 0 heterocycles. The van der Waals surface area contributed by atoms with Crippen LogP contribution in [-0.4, -0.2) is 0 Å². The lowest BCUT2D eigenvalue weighted by Gasteiger charge is -2.28. The third kappa shape index (κ3) is 5.53. The second kappa shape index (κ2) is 12.6. The van der Waals surface area contributed by atoms with Gasteiger partial charge in [0.2, 0.25) is 0 Å². The highest BCUT2D eigenvalue weighted by atomic mass is 15.1. The van der Waals surface area contributed by atoms with E-state index in [1.807, 2.05) is 0 Å². The molecule has 0 aromatic heterocycles. The van der Waals surface area contributed by atoms with E-state index in [0.29, 0.717) is 0 Å². The molecule has 2 aliphatic carbocycles. The monoisotopic (exact) mass is 705 g/mol. The standard InChI is InChI=1S/C54H43N/c1-53(2)49(34-44-30-40-14-8-10-16-42(40)32-51(44)53)38-20-26-47(27-21-38)55(46-24-18-37(19-25-46)36-12-6-5-7-13-36)48-28-22-39(23-29-48)50-35-45-31-41-15-9-11-17-43(41)33-52(45)54(50,3)4/h5-35H,1-4H3. The minimum absolute atomic E-state index is 0.0985. The summed E-state index contributed by atoms with van der Waals surface area (Å²) in [5.41, 5.74) is 16.3. The van der Waals surface area contributed by atoms with Crippen LogP contribution in [0.4, 0.5) is 17.1 Å². The zero-order valence-corrected chi connectivity index (χ0v) is 31.8. The predicted molar refractivity (Wildman–Crippen MR) is 236 cm³/mol. The maximum atomic E-state index is 2.40. The normalized spacial score (nSPS) is 15.1. The molecule has 55 heavy (non-hydrogen) atoms. The molecule has 1 nitrogen and oxygen atoms in total. The fraction of sp³-hybridized carbons (Fsp3) is 0.111. The highest BCUT2D eigenvalue weighted by Crippen LogP contribution is 2.50. The molecule has 0 spiro atoms. The molecule has 0 fully saturated rings. The van der Waals surface area contributed by atoms with Gasteiger partial charge < -0.3 is 4.90 Å². The Morgan fingerprint density at radius 3 is 1.05 bits per heavy atom. The van der Waals surface area contributed by atoms with Crippen LogP contribution in [0.15, 0.2) is 176 Å². The van der Waals surface area contributed by atoms with Gasteiger partial charge in [0.05, 0.1) is 0 Å². The molecule has 0 atom stereocenters. The van der Waals surface area contributed by atoms with E-state index in [4.69, 9.17) is 0 Å². The minimum atomic E-state index is -0.0985. The summed E-state index contributed by atoms with van der Waals surface area (Å²) in [7, 11) is 0. The number of benzene rings is 8. The first-order valence-corrected chi connectivity index (χ1v) is 19.4. The Hall–Kier alpha value is -6.44. The SMILES string of the molecule is CC1(C)C(c2ccc(N(c3ccc(C4=Cc5cc6ccccc6cc5C4(C)C)cc3)c3ccc(-c4ccccc4)cc3)cc2)=Cc2cc3ccccc3cc21. The maximum Gasteiger partial charge on any atom is 0.0462 e. The van der Waals surface area contributed by atoms with Gasteiger partial charge in [-0.2, -0.15) is 0 Å². The molecule has 0 aliphatic heterocycles. The molecule has 8 aromatic carbocycles. The van der Waals surface area contributed by atoms with Crippen molar-refractivity contribution in [1.29, 1.82) is 0 Å². The van der Waals surface area contributed by atoms with Crippen molar-refractivity contribution >= 4 is 61.9 Å². The van der Waals surface area contributed by atoms with Gasteiger partial charge in [0.1, 0.15) is 0 Å². The Morgan fingerprint density at radius 1 is 0.327 bits per heavy atom. The Bertz CT molecular complexity index is 2660. The van der Waals surface area contributed by atoms with Crippen molar-refractivity contribution in [3.63, 3.8) is 0 Å². The summed E-state index contributed by atoms with van der Waals surface area (Å²) in [5, 5.41) is 5.17. The van der Waals surface area contributed by atoms with Crippen LogP contribution in [0.5, 0.6) is 0 Å². The van der Waals surface area contributed by atoms with E-state index >= 15 is 0 Å². The molecule has 0 radical (unpaired) electrons. The van der Waals surface area contributed by atoms with Crippen molar-refractivity contribution in [2.45, 2.75) is 38.5 Å². The first-order valence-electron chi connectivity index (χ1n) is 19.4. The quantitative estimate of drug-likeness (QED) is 0.166. The van der Waals surface area contributed by atoms with Gasteiger partial charge in [0.15, 0.2) is 0 Å².